The molecular weight excluding hydrogens is 328 g/mol. The van der Waals surface area contributed by atoms with Crippen LogP contribution >= 0.6 is 15.9 Å². The molecule has 0 radical (unpaired) electrons. The Kier molecular flexibility index (Phi) is 10.4. The minimum atomic E-state index is 0.666. The average molecular weight is 357 g/mol. The Labute approximate surface area is 138 Å². The van der Waals surface area contributed by atoms with Gasteiger partial charge in [0.05, 0.1) is 13.2 Å². The van der Waals surface area contributed by atoms with E-state index in [1.807, 2.05) is 19.1 Å². The van der Waals surface area contributed by atoms with Gasteiger partial charge in [-0.05, 0) is 19.4 Å². The predicted octanol–water partition coefficient (Wildman–Crippen LogP) is 6.11. The summed E-state index contributed by atoms with van der Waals surface area (Å²) in [5, 5.41) is 0.792. The molecular formula is C18H29BrO2. The molecule has 0 bridgehead atoms. The van der Waals surface area contributed by atoms with Gasteiger partial charge in [-0.15, -0.1) is 0 Å². The number of alkyl halides is 1. The van der Waals surface area contributed by atoms with E-state index in [1.54, 1.807) is 0 Å². The first-order valence-corrected chi connectivity index (χ1v) is 9.39. The van der Waals surface area contributed by atoms with Gasteiger partial charge in [-0.2, -0.15) is 0 Å². The molecule has 1 aromatic rings. The van der Waals surface area contributed by atoms with Gasteiger partial charge in [-0.25, -0.2) is 0 Å². The van der Waals surface area contributed by atoms with E-state index in [0.29, 0.717) is 6.61 Å². The van der Waals surface area contributed by atoms with Crippen molar-refractivity contribution in [3.63, 3.8) is 0 Å². The minimum Gasteiger partial charge on any atom is -0.490 e. The third-order valence-electron chi connectivity index (χ3n) is 3.50. The molecule has 0 aliphatic carbocycles. The number of benzene rings is 1. The van der Waals surface area contributed by atoms with Crippen LogP contribution < -0.4 is 9.47 Å². The molecule has 0 heterocycles. The van der Waals surface area contributed by atoms with Gasteiger partial charge in [0.2, 0.25) is 0 Å². The average Bonchev–Trinajstić information content (AvgIpc) is 2.51. The lowest BCUT2D eigenvalue weighted by molar-refractivity contribution is 0.268. The Morgan fingerprint density at radius 3 is 2.29 bits per heavy atom. The lowest BCUT2D eigenvalue weighted by Crippen LogP contribution is -2.03. The van der Waals surface area contributed by atoms with E-state index in [-0.39, 0.29) is 0 Å². The monoisotopic (exact) mass is 356 g/mol. The highest BCUT2D eigenvalue weighted by atomic mass is 79.9. The number of para-hydroxylation sites is 1. The predicted molar refractivity (Wildman–Crippen MR) is 93.7 cm³/mol. The lowest BCUT2D eigenvalue weighted by Gasteiger charge is -2.15. The third kappa shape index (κ3) is 7.21. The van der Waals surface area contributed by atoms with Crippen molar-refractivity contribution >= 4 is 15.9 Å². The first-order chi connectivity index (χ1) is 10.3. The zero-order valence-electron chi connectivity index (χ0n) is 13.5. The summed E-state index contributed by atoms with van der Waals surface area (Å²) in [7, 11) is 0. The Bertz CT molecular complexity index is 379. The third-order valence-corrected chi connectivity index (χ3v) is 4.10. The molecule has 2 nitrogen and oxygen atoms in total. The van der Waals surface area contributed by atoms with Gasteiger partial charge in [-0.1, -0.05) is 73.5 Å². The summed E-state index contributed by atoms with van der Waals surface area (Å²) in [6.45, 7) is 5.70. The van der Waals surface area contributed by atoms with E-state index in [9.17, 15) is 0 Å². The lowest BCUT2D eigenvalue weighted by atomic mass is 10.1. The highest BCUT2D eigenvalue weighted by Gasteiger charge is 2.09. The van der Waals surface area contributed by atoms with Gasteiger partial charge in [0.25, 0.3) is 0 Å². The van der Waals surface area contributed by atoms with Crippen molar-refractivity contribution in [2.45, 2.75) is 64.1 Å². The van der Waals surface area contributed by atoms with Crippen molar-refractivity contribution in [2.24, 2.45) is 0 Å². The summed E-state index contributed by atoms with van der Waals surface area (Å²) < 4.78 is 11.6. The second-order valence-electron chi connectivity index (χ2n) is 5.28. The quantitative estimate of drug-likeness (QED) is 0.332. The first kappa shape index (κ1) is 18.3. The van der Waals surface area contributed by atoms with E-state index < -0.39 is 0 Å². The molecule has 0 spiro atoms. The molecule has 120 valence electrons. The molecule has 0 atom stereocenters. The van der Waals surface area contributed by atoms with Crippen molar-refractivity contribution in [3.8, 4) is 11.5 Å². The first-order valence-electron chi connectivity index (χ1n) is 8.26. The van der Waals surface area contributed by atoms with Crippen LogP contribution in [0.5, 0.6) is 11.5 Å². The molecule has 3 heteroatoms. The largest absolute Gasteiger partial charge is 0.490 e. The number of halogens is 1. The highest BCUT2D eigenvalue weighted by Crippen LogP contribution is 2.33. The topological polar surface area (TPSA) is 18.5 Å². The summed E-state index contributed by atoms with van der Waals surface area (Å²) in [6, 6.07) is 6.08. The molecule has 1 rings (SSSR count). The van der Waals surface area contributed by atoms with Gasteiger partial charge in [0, 0.05) is 10.9 Å². The van der Waals surface area contributed by atoms with Crippen LogP contribution in [-0.4, -0.2) is 13.2 Å². The second-order valence-corrected chi connectivity index (χ2v) is 5.84. The Morgan fingerprint density at radius 2 is 1.62 bits per heavy atom. The zero-order chi connectivity index (χ0) is 15.3. The van der Waals surface area contributed by atoms with Crippen LogP contribution in [0.15, 0.2) is 18.2 Å². The number of hydrogen-bond acceptors (Lipinski definition) is 2. The molecule has 0 saturated heterocycles. The van der Waals surface area contributed by atoms with Crippen LogP contribution in [0.3, 0.4) is 0 Å². The molecule has 0 amide bonds. The van der Waals surface area contributed by atoms with Crippen molar-refractivity contribution in [2.75, 3.05) is 13.2 Å². The van der Waals surface area contributed by atoms with E-state index in [2.05, 4.69) is 28.9 Å². The fourth-order valence-electron chi connectivity index (χ4n) is 2.33. The van der Waals surface area contributed by atoms with E-state index in [1.165, 1.54) is 38.5 Å². The summed E-state index contributed by atoms with van der Waals surface area (Å²) in [6.07, 6.45) is 9.11. The van der Waals surface area contributed by atoms with Gasteiger partial charge < -0.3 is 9.47 Å². The summed E-state index contributed by atoms with van der Waals surface area (Å²) >= 11 is 3.52. The summed E-state index contributed by atoms with van der Waals surface area (Å²) in [5.41, 5.74) is 1.16. The molecule has 0 aliphatic rings. The maximum Gasteiger partial charge on any atom is 0.165 e. The number of ether oxygens (including phenoxy) is 2. The van der Waals surface area contributed by atoms with Crippen molar-refractivity contribution in [1.82, 2.24) is 0 Å². The molecule has 0 unspecified atom stereocenters. The minimum absolute atomic E-state index is 0.666. The van der Waals surface area contributed by atoms with Crippen LogP contribution in [0.25, 0.3) is 0 Å². The van der Waals surface area contributed by atoms with Gasteiger partial charge >= 0.3 is 0 Å². The van der Waals surface area contributed by atoms with Gasteiger partial charge in [0.1, 0.15) is 0 Å². The van der Waals surface area contributed by atoms with E-state index in [4.69, 9.17) is 9.47 Å². The van der Waals surface area contributed by atoms with Gasteiger partial charge in [0.15, 0.2) is 11.5 Å². The van der Waals surface area contributed by atoms with Crippen LogP contribution in [0.1, 0.15) is 64.4 Å². The Morgan fingerprint density at radius 1 is 0.905 bits per heavy atom. The van der Waals surface area contributed by atoms with Crippen LogP contribution in [0.2, 0.25) is 0 Å². The SMILES string of the molecule is CCCCCCCCCOc1c(CBr)cccc1OCC. The molecule has 1 aromatic carbocycles. The summed E-state index contributed by atoms with van der Waals surface area (Å²) in [5.74, 6) is 1.76. The fourth-order valence-corrected chi connectivity index (χ4v) is 2.77. The number of rotatable bonds is 12. The number of hydrogen-bond donors (Lipinski definition) is 0. The number of unbranched alkanes of at least 4 members (excludes halogenated alkanes) is 6. The van der Waals surface area contributed by atoms with E-state index in [0.717, 1.165) is 35.4 Å². The Hall–Kier alpha value is -0.700. The molecule has 0 aliphatic heterocycles. The Balaban J connectivity index is 2.33. The standard InChI is InChI=1S/C18H29BrO2/c1-3-5-6-7-8-9-10-14-21-18-16(15-19)12-11-13-17(18)20-4-2/h11-13H,3-10,14-15H2,1-2H3. The van der Waals surface area contributed by atoms with Crippen LogP contribution in [0.4, 0.5) is 0 Å². The molecule has 21 heavy (non-hydrogen) atoms. The van der Waals surface area contributed by atoms with Crippen molar-refractivity contribution in [1.29, 1.82) is 0 Å². The second kappa shape index (κ2) is 11.9. The molecule has 0 aromatic heterocycles. The van der Waals surface area contributed by atoms with Gasteiger partial charge in [-0.3, -0.25) is 0 Å². The maximum absolute atomic E-state index is 5.98. The van der Waals surface area contributed by atoms with Crippen LogP contribution in [0, 0.1) is 0 Å². The highest BCUT2D eigenvalue weighted by molar-refractivity contribution is 9.08. The normalized spacial score (nSPS) is 10.6. The maximum atomic E-state index is 5.98. The zero-order valence-corrected chi connectivity index (χ0v) is 15.1. The molecule has 0 N–H and O–H groups in total. The molecule has 0 saturated carbocycles. The fraction of sp³-hybridized carbons (Fsp3) is 0.667. The molecule has 0 fully saturated rings. The van der Waals surface area contributed by atoms with Crippen molar-refractivity contribution in [3.05, 3.63) is 23.8 Å². The van der Waals surface area contributed by atoms with Crippen LogP contribution in [-0.2, 0) is 5.33 Å². The summed E-state index contributed by atoms with van der Waals surface area (Å²) in [4.78, 5) is 0. The van der Waals surface area contributed by atoms with Crippen molar-refractivity contribution < 1.29 is 9.47 Å². The smallest absolute Gasteiger partial charge is 0.165 e. The van der Waals surface area contributed by atoms with E-state index >= 15 is 0 Å².